The van der Waals surface area contributed by atoms with Crippen LogP contribution in [0.1, 0.15) is 66.7 Å². The van der Waals surface area contributed by atoms with E-state index in [0.717, 1.165) is 12.5 Å². The van der Waals surface area contributed by atoms with Crippen molar-refractivity contribution in [2.45, 2.75) is 66.7 Å². The van der Waals surface area contributed by atoms with E-state index in [1.807, 2.05) is 0 Å². The second-order valence-electron chi connectivity index (χ2n) is 7.17. The lowest BCUT2D eigenvalue weighted by atomic mass is 9.98. The minimum Gasteiger partial charge on any atom is -0.372 e. The first kappa shape index (κ1) is 18.1. The van der Waals surface area contributed by atoms with Crippen LogP contribution in [-0.2, 0) is 0 Å². The van der Waals surface area contributed by atoms with Gasteiger partial charge in [0.15, 0.2) is 0 Å². The van der Waals surface area contributed by atoms with Crippen LogP contribution >= 0.6 is 0 Å². The van der Waals surface area contributed by atoms with Crippen molar-refractivity contribution in [1.82, 2.24) is 4.90 Å². The van der Waals surface area contributed by atoms with Crippen molar-refractivity contribution in [3.8, 4) is 0 Å². The first-order chi connectivity index (χ1) is 9.92. The molecule has 21 heavy (non-hydrogen) atoms. The largest absolute Gasteiger partial charge is 0.372 e. The minimum atomic E-state index is 0.562. The van der Waals surface area contributed by atoms with Gasteiger partial charge in [-0.05, 0) is 63.9 Å². The molecule has 0 bridgehead atoms. The summed E-state index contributed by atoms with van der Waals surface area (Å²) in [4.78, 5) is 2.50. The monoisotopic (exact) mass is 289 g/mol. The zero-order valence-corrected chi connectivity index (χ0v) is 14.9. The second-order valence-corrected chi connectivity index (χ2v) is 7.17. The summed E-state index contributed by atoms with van der Waals surface area (Å²) < 4.78 is 0. The first-order valence-corrected chi connectivity index (χ1v) is 8.63. The average Bonchev–Trinajstić information content (AvgIpc) is 3.04. The van der Waals surface area contributed by atoms with E-state index in [-0.39, 0.29) is 0 Å². The predicted octanol–water partition coefficient (Wildman–Crippen LogP) is 5.95. The summed E-state index contributed by atoms with van der Waals surface area (Å²) in [5.41, 5.74) is 3.19. The van der Waals surface area contributed by atoms with Gasteiger partial charge in [-0.25, -0.2) is 0 Å². The maximum absolute atomic E-state index is 4.24. The summed E-state index contributed by atoms with van der Waals surface area (Å²) in [6.45, 7) is 17.8. The Hall–Kier alpha value is -0.980. The third kappa shape index (κ3) is 6.11. The molecule has 1 aliphatic rings. The molecular weight excluding hydrogens is 254 g/mol. The van der Waals surface area contributed by atoms with Crippen LogP contribution in [0.3, 0.4) is 0 Å². The van der Waals surface area contributed by atoms with Gasteiger partial charge in [0, 0.05) is 18.8 Å². The molecule has 0 saturated heterocycles. The molecule has 0 amide bonds. The van der Waals surface area contributed by atoms with Crippen LogP contribution in [0.4, 0.5) is 0 Å². The first-order valence-electron chi connectivity index (χ1n) is 8.63. The Morgan fingerprint density at radius 2 is 2.10 bits per heavy atom. The normalized spacial score (nSPS) is 24.1. The molecule has 1 heteroatoms. The Morgan fingerprint density at radius 3 is 2.67 bits per heavy atom. The highest BCUT2D eigenvalue weighted by atomic mass is 15.1. The molecule has 1 saturated carbocycles. The maximum Gasteiger partial charge on any atom is 0.0289 e. The topological polar surface area (TPSA) is 3.24 Å². The van der Waals surface area contributed by atoms with Crippen LogP contribution in [0.15, 0.2) is 36.1 Å². The van der Waals surface area contributed by atoms with Crippen molar-refractivity contribution < 1.29 is 0 Å². The molecule has 2 atom stereocenters. The van der Waals surface area contributed by atoms with Gasteiger partial charge in [-0.1, -0.05) is 44.6 Å². The van der Waals surface area contributed by atoms with Crippen LogP contribution in [-0.4, -0.2) is 18.0 Å². The van der Waals surface area contributed by atoms with Crippen LogP contribution in [0.5, 0.6) is 0 Å². The summed E-state index contributed by atoms with van der Waals surface area (Å²) in [7, 11) is 0. The molecule has 120 valence electrons. The van der Waals surface area contributed by atoms with Crippen molar-refractivity contribution in [3.63, 3.8) is 0 Å². The lowest BCUT2D eigenvalue weighted by molar-refractivity contribution is 0.306. The van der Waals surface area contributed by atoms with Gasteiger partial charge in [-0.2, -0.15) is 0 Å². The molecule has 0 aliphatic heterocycles. The molecule has 0 aromatic rings. The van der Waals surface area contributed by atoms with Gasteiger partial charge in [-0.3, -0.25) is 0 Å². The van der Waals surface area contributed by atoms with Gasteiger partial charge in [0.25, 0.3) is 0 Å². The van der Waals surface area contributed by atoms with Gasteiger partial charge < -0.3 is 4.90 Å². The highest BCUT2D eigenvalue weighted by molar-refractivity contribution is 5.14. The zero-order valence-electron chi connectivity index (χ0n) is 14.9. The van der Waals surface area contributed by atoms with Crippen molar-refractivity contribution in [3.05, 3.63) is 36.1 Å². The number of unbranched alkanes of at least 4 members (excludes halogenated alkanes) is 1. The van der Waals surface area contributed by atoms with E-state index >= 15 is 0 Å². The maximum atomic E-state index is 4.24. The Kier molecular flexibility index (Phi) is 7.28. The molecule has 1 fully saturated rings. The molecule has 0 aromatic heterocycles. The summed E-state index contributed by atoms with van der Waals surface area (Å²) in [6, 6.07) is 0. The predicted molar refractivity (Wildman–Crippen MR) is 95.3 cm³/mol. The Bertz CT molecular complexity index is 387. The van der Waals surface area contributed by atoms with Crippen molar-refractivity contribution in [1.29, 1.82) is 0 Å². The lowest BCUT2D eigenvalue weighted by Gasteiger charge is -2.26. The Balaban J connectivity index is 2.49. The van der Waals surface area contributed by atoms with Gasteiger partial charge in [0.05, 0.1) is 0 Å². The average molecular weight is 290 g/mol. The van der Waals surface area contributed by atoms with Crippen LogP contribution in [0, 0.1) is 11.3 Å². The number of rotatable bonds is 10. The number of hydrogen-bond donors (Lipinski definition) is 0. The van der Waals surface area contributed by atoms with E-state index in [4.69, 9.17) is 0 Å². The fourth-order valence-electron chi connectivity index (χ4n) is 3.05. The molecule has 0 radical (unpaired) electrons. The fourth-order valence-corrected chi connectivity index (χ4v) is 3.05. The SMILES string of the molecule is C=C(/C=C/C)N(CCCC)CC1CC1(C)CCC=C(C)C. The van der Waals surface area contributed by atoms with Crippen LogP contribution in [0.2, 0.25) is 0 Å². The van der Waals surface area contributed by atoms with Crippen molar-refractivity contribution in [2.24, 2.45) is 11.3 Å². The van der Waals surface area contributed by atoms with Crippen molar-refractivity contribution >= 4 is 0 Å². The van der Waals surface area contributed by atoms with Crippen LogP contribution < -0.4 is 0 Å². The third-order valence-corrected chi connectivity index (χ3v) is 4.79. The van der Waals surface area contributed by atoms with Gasteiger partial charge >= 0.3 is 0 Å². The van der Waals surface area contributed by atoms with Gasteiger partial charge in [0.2, 0.25) is 0 Å². The Labute approximate surface area is 132 Å². The molecule has 0 spiro atoms. The number of allylic oxidation sites excluding steroid dienone is 4. The lowest BCUT2D eigenvalue weighted by Crippen LogP contribution is -2.26. The van der Waals surface area contributed by atoms with E-state index < -0.39 is 0 Å². The highest BCUT2D eigenvalue weighted by Crippen LogP contribution is 2.56. The summed E-state index contributed by atoms with van der Waals surface area (Å²) in [5.74, 6) is 0.849. The molecule has 1 aliphatic carbocycles. The molecule has 0 heterocycles. The molecule has 1 rings (SSSR count). The quantitative estimate of drug-likeness (QED) is 0.355. The van der Waals surface area contributed by atoms with Gasteiger partial charge in [-0.15, -0.1) is 0 Å². The molecule has 2 unspecified atom stereocenters. The van der Waals surface area contributed by atoms with E-state index in [1.165, 1.54) is 49.9 Å². The second kappa shape index (κ2) is 8.46. The molecule has 0 N–H and O–H groups in total. The molecule has 0 aromatic carbocycles. The highest BCUT2D eigenvalue weighted by Gasteiger charge is 2.49. The summed E-state index contributed by atoms with van der Waals surface area (Å²) in [6.07, 6.45) is 13.1. The standard InChI is InChI=1S/C20H35N/c1-7-9-14-21(18(5)11-8-2)16-19-15-20(19,6)13-10-12-17(3)4/h8,11-12,19H,5,7,9-10,13-16H2,1-4,6H3/b11-8+. The fraction of sp³-hybridized carbons (Fsp3) is 0.700. The van der Waals surface area contributed by atoms with E-state index in [0.29, 0.717) is 5.41 Å². The van der Waals surface area contributed by atoms with E-state index in [9.17, 15) is 0 Å². The van der Waals surface area contributed by atoms with E-state index in [1.54, 1.807) is 0 Å². The number of hydrogen-bond acceptors (Lipinski definition) is 1. The number of nitrogens with zero attached hydrogens (tertiary/aromatic N) is 1. The zero-order chi connectivity index (χ0) is 15.9. The molecule has 1 nitrogen and oxygen atoms in total. The Morgan fingerprint density at radius 1 is 1.38 bits per heavy atom. The minimum absolute atomic E-state index is 0.562. The summed E-state index contributed by atoms with van der Waals surface area (Å²) in [5, 5.41) is 0. The van der Waals surface area contributed by atoms with E-state index in [2.05, 4.69) is 64.3 Å². The smallest absolute Gasteiger partial charge is 0.0289 e. The van der Waals surface area contributed by atoms with Crippen molar-refractivity contribution in [2.75, 3.05) is 13.1 Å². The summed E-state index contributed by atoms with van der Waals surface area (Å²) >= 11 is 0. The van der Waals surface area contributed by atoms with Gasteiger partial charge in [0.1, 0.15) is 0 Å². The van der Waals surface area contributed by atoms with Crippen LogP contribution in [0.25, 0.3) is 0 Å². The third-order valence-electron chi connectivity index (χ3n) is 4.79. The molecular formula is C20H35N.